The molecular weight excluding hydrogens is 340 g/mol. The number of nitrogens with one attached hydrogen (secondary N) is 3. The second-order valence-electron chi connectivity index (χ2n) is 7.76. The van der Waals surface area contributed by atoms with Gasteiger partial charge in [-0.15, -0.1) is 0 Å². The van der Waals surface area contributed by atoms with Crippen molar-refractivity contribution < 1.29 is 9.59 Å². The molecule has 2 aliphatic rings. The number of carbonyl (C=O) groups excluding carboxylic acids is 2. The molecule has 2 amide bonds. The zero-order valence-corrected chi connectivity index (χ0v) is 16.1. The molecule has 1 aromatic rings. The third-order valence-electron chi connectivity index (χ3n) is 5.46. The van der Waals surface area contributed by atoms with Crippen LogP contribution < -0.4 is 16.0 Å². The predicted octanol–water partition coefficient (Wildman–Crippen LogP) is 2.83. The highest BCUT2D eigenvalue weighted by molar-refractivity contribution is 5.93. The SMILES string of the molecule is O=C(CCC1CCNC1)Nc1ccc(NC(=O)CN2CCCCCC2)cc1. The van der Waals surface area contributed by atoms with E-state index in [0.29, 0.717) is 18.9 Å². The second kappa shape index (κ2) is 10.4. The molecule has 2 aliphatic heterocycles. The summed E-state index contributed by atoms with van der Waals surface area (Å²) >= 11 is 0. The Kier molecular flexibility index (Phi) is 7.66. The quantitative estimate of drug-likeness (QED) is 0.688. The molecule has 6 heteroatoms. The van der Waals surface area contributed by atoms with Crippen LogP contribution in [0.4, 0.5) is 11.4 Å². The summed E-state index contributed by atoms with van der Waals surface area (Å²) in [5.74, 6) is 0.705. The van der Waals surface area contributed by atoms with Crippen molar-refractivity contribution in [3.05, 3.63) is 24.3 Å². The Morgan fingerprint density at radius 1 is 0.963 bits per heavy atom. The number of benzene rings is 1. The summed E-state index contributed by atoms with van der Waals surface area (Å²) in [7, 11) is 0. The van der Waals surface area contributed by atoms with Crippen molar-refractivity contribution in [2.24, 2.45) is 5.92 Å². The smallest absolute Gasteiger partial charge is 0.238 e. The Balaban J connectivity index is 1.39. The van der Waals surface area contributed by atoms with Crippen LogP contribution >= 0.6 is 0 Å². The van der Waals surface area contributed by atoms with Crippen LogP contribution in [0.5, 0.6) is 0 Å². The summed E-state index contributed by atoms with van der Waals surface area (Å²) in [6.07, 6.45) is 7.55. The third-order valence-corrected chi connectivity index (χ3v) is 5.46. The van der Waals surface area contributed by atoms with Crippen LogP contribution in [-0.4, -0.2) is 49.4 Å². The number of carbonyl (C=O) groups is 2. The summed E-state index contributed by atoms with van der Waals surface area (Å²) in [5.41, 5.74) is 1.54. The van der Waals surface area contributed by atoms with Crippen molar-refractivity contribution >= 4 is 23.2 Å². The number of hydrogen-bond acceptors (Lipinski definition) is 4. The number of anilines is 2. The Bertz CT molecular complexity index is 603. The van der Waals surface area contributed by atoms with Crippen molar-refractivity contribution in [1.82, 2.24) is 10.2 Å². The summed E-state index contributed by atoms with van der Waals surface area (Å²) in [5, 5.41) is 9.22. The predicted molar refractivity (Wildman–Crippen MR) is 109 cm³/mol. The third kappa shape index (κ3) is 6.96. The molecule has 0 aliphatic carbocycles. The van der Waals surface area contributed by atoms with E-state index >= 15 is 0 Å². The maximum absolute atomic E-state index is 12.2. The number of amides is 2. The molecule has 1 unspecified atom stereocenters. The minimum Gasteiger partial charge on any atom is -0.326 e. The van der Waals surface area contributed by atoms with Crippen LogP contribution in [0.25, 0.3) is 0 Å². The molecule has 0 bridgehead atoms. The van der Waals surface area contributed by atoms with Crippen molar-refractivity contribution in [2.75, 3.05) is 43.4 Å². The van der Waals surface area contributed by atoms with Gasteiger partial charge in [-0.2, -0.15) is 0 Å². The lowest BCUT2D eigenvalue weighted by Gasteiger charge is -2.19. The van der Waals surface area contributed by atoms with Crippen LogP contribution in [0.3, 0.4) is 0 Å². The van der Waals surface area contributed by atoms with E-state index < -0.39 is 0 Å². The number of nitrogens with zero attached hydrogens (tertiary/aromatic N) is 1. The molecule has 3 rings (SSSR count). The van der Waals surface area contributed by atoms with Gasteiger partial charge in [0.2, 0.25) is 11.8 Å². The summed E-state index contributed by atoms with van der Waals surface area (Å²) in [6.45, 7) is 4.56. The molecule has 0 aromatic heterocycles. The minimum absolute atomic E-state index is 0.0267. The molecule has 2 heterocycles. The molecule has 2 saturated heterocycles. The van der Waals surface area contributed by atoms with E-state index in [4.69, 9.17) is 0 Å². The summed E-state index contributed by atoms with van der Waals surface area (Å²) in [4.78, 5) is 26.5. The monoisotopic (exact) mass is 372 g/mol. The molecule has 3 N–H and O–H groups in total. The fourth-order valence-corrected chi connectivity index (χ4v) is 3.85. The largest absolute Gasteiger partial charge is 0.326 e. The molecule has 0 saturated carbocycles. The van der Waals surface area contributed by atoms with Gasteiger partial charge in [0.05, 0.1) is 6.54 Å². The normalized spacial score (nSPS) is 20.8. The number of likely N-dealkylation sites (tertiary alicyclic amines) is 1. The Morgan fingerprint density at radius 3 is 2.19 bits per heavy atom. The first-order valence-electron chi connectivity index (χ1n) is 10.3. The zero-order chi connectivity index (χ0) is 18.9. The van der Waals surface area contributed by atoms with Gasteiger partial charge in [-0.3, -0.25) is 14.5 Å². The van der Waals surface area contributed by atoms with Crippen molar-refractivity contribution in [1.29, 1.82) is 0 Å². The maximum atomic E-state index is 12.2. The van der Waals surface area contributed by atoms with Crippen molar-refractivity contribution in [2.45, 2.75) is 44.9 Å². The molecule has 0 spiro atoms. The first kappa shape index (κ1) is 19.8. The number of hydrogen-bond donors (Lipinski definition) is 3. The molecule has 1 atom stereocenters. The van der Waals surface area contributed by atoms with E-state index in [0.717, 1.165) is 44.0 Å². The van der Waals surface area contributed by atoms with Gasteiger partial charge in [0.25, 0.3) is 0 Å². The van der Waals surface area contributed by atoms with E-state index in [2.05, 4.69) is 20.9 Å². The Labute approximate surface area is 162 Å². The topological polar surface area (TPSA) is 73.5 Å². The molecule has 27 heavy (non-hydrogen) atoms. The number of rotatable bonds is 7. The molecule has 148 valence electrons. The standard InChI is InChI=1S/C21H32N4O2/c26-20(10-5-17-11-12-22-15-17)23-18-6-8-19(9-7-18)24-21(27)16-25-13-3-1-2-4-14-25/h6-9,17,22H,1-5,10-16H2,(H,23,26)(H,24,27). The molecule has 6 nitrogen and oxygen atoms in total. The van der Waals surface area contributed by atoms with Gasteiger partial charge in [0.15, 0.2) is 0 Å². The van der Waals surface area contributed by atoms with Gasteiger partial charge >= 0.3 is 0 Å². The van der Waals surface area contributed by atoms with Gasteiger partial charge < -0.3 is 16.0 Å². The van der Waals surface area contributed by atoms with E-state index in [1.165, 1.54) is 32.1 Å². The molecular formula is C21H32N4O2. The van der Waals surface area contributed by atoms with Crippen LogP contribution in [0.1, 0.15) is 44.9 Å². The van der Waals surface area contributed by atoms with Crippen molar-refractivity contribution in [3.8, 4) is 0 Å². The molecule has 1 aromatic carbocycles. The highest BCUT2D eigenvalue weighted by Gasteiger charge is 2.16. The van der Waals surface area contributed by atoms with Gasteiger partial charge in [-0.05, 0) is 82.0 Å². The fraction of sp³-hybridized carbons (Fsp3) is 0.619. The highest BCUT2D eigenvalue weighted by atomic mass is 16.2. The second-order valence-corrected chi connectivity index (χ2v) is 7.76. The van der Waals surface area contributed by atoms with E-state index in [9.17, 15) is 9.59 Å². The van der Waals surface area contributed by atoms with Gasteiger partial charge in [-0.25, -0.2) is 0 Å². The zero-order valence-electron chi connectivity index (χ0n) is 16.1. The Hall–Kier alpha value is -1.92. The average Bonchev–Trinajstić information content (AvgIpc) is 3.05. The van der Waals surface area contributed by atoms with Crippen LogP contribution in [0.15, 0.2) is 24.3 Å². The van der Waals surface area contributed by atoms with Gasteiger partial charge in [-0.1, -0.05) is 12.8 Å². The minimum atomic E-state index is 0.0267. The highest BCUT2D eigenvalue weighted by Crippen LogP contribution is 2.17. The maximum Gasteiger partial charge on any atom is 0.238 e. The van der Waals surface area contributed by atoms with Crippen molar-refractivity contribution in [3.63, 3.8) is 0 Å². The first-order valence-corrected chi connectivity index (χ1v) is 10.3. The van der Waals surface area contributed by atoms with Gasteiger partial charge in [0.1, 0.15) is 0 Å². The fourth-order valence-electron chi connectivity index (χ4n) is 3.85. The summed E-state index contributed by atoms with van der Waals surface area (Å²) < 4.78 is 0. The Morgan fingerprint density at radius 2 is 1.59 bits per heavy atom. The van der Waals surface area contributed by atoms with E-state index in [1.54, 1.807) is 0 Å². The van der Waals surface area contributed by atoms with Crippen LogP contribution in [-0.2, 0) is 9.59 Å². The molecule has 0 radical (unpaired) electrons. The lowest BCUT2D eigenvalue weighted by atomic mass is 10.0. The van der Waals surface area contributed by atoms with Crippen LogP contribution in [0, 0.1) is 5.92 Å². The van der Waals surface area contributed by atoms with E-state index in [-0.39, 0.29) is 11.8 Å². The lowest BCUT2D eigenvalue weighted by Crippen LogP contribution is -2.33. The van der Waals surface area contributed by atoms with E-state index in [1.807, 2.05) is 24.3 Å². The van der Waals surface area contributed by atoms with Gasteiger partial charge in [0, 0.05) is 17.8 Å². The summed E-state index contributed by atoms with van der Waals surface area (Å²) in [6, 6.07) is 7.38. The first-order chi connectivity index (χ1) is 13.2. The average molecular weight is 373 g/mol. The van der Waals surface area contributed by atoms with Crippen LogP contribution in [0.2, 0.25) is 0 Å². The lowest BCUT2D eigenvalue weighted by molar-refractivity contribution is -0.117. The molecule has 2 fully saturated rings.